The lowest BCUT2D eigenvalue weighted by Crippen LogP contribution is -2.38. The summed E-state index contributed by atoms with van der Waals surface area (Å²) in [6.45, 7) is 4.34. The van der Waals surface area contributed by atoms with Crippen LogP contribution < -0.4 is 0 Å². The van der Waals surface area contributed by atoms with Gasteiger partial charge in [-0.3, -0.25) is 9.78 Å². The summed E-state index contributed by atoms with van der Waals surface area (Å²) in [5.74, 6) is -1.01. The van der Waals surface area contributed by atoms with E-state index >= 15 is 0 Å². The second-order valence-corrected chi connectivity index (χ2v) is 11.1. The third-order valence-corrected chi connectivity index (χ3v) is 8.03. The Morgan fingerprint density at radius 3 is 2.60 bits per heavy atom. The van der Waals surface area contributed by atoms with Crippen LogP contribution in [0.4, 0.5) is 0 Å². The molecule has 2 unspecified atom stereocenters. The number of ether oxygens (including phenoxy) is 2. The van der Waals surface area contributed by atoms with Crippen molar-refractivity contribution in [3.8, 4) is 0 Å². The fourth-order valence-electron chi connectivity index (χ4n) is 5.30. The number of piperidine rings is 1. The number of aliphatic imine (C=N–C) groups is 2. The van der Waals surface area contributed by atoms with E-state index in [4.69, 9.17) is 24.4 Å². The Kier molecular flexibility index (Phi) is 10.3. The molecule has 210 valence electrons. The molecule has 1 saturated heterocycles. The SMILES string of the molecule is CSC1=NC(c2ccc3ccccc3n2)C(C(=O)OCCCc2ccccc2)C(COCCN2CCCCC2)=N1. The standard InChI is InChI=1S/C32H38N4O3S/c1-40-32-34-28(23-38-22-20-36-18-8-3-9-19-36)29(31(37)39-21-10-13-24-11-4-2-5-12-24)30(35-32)27-17-16-25-14-6-7-15-26(25)33-27/h2,4-7,11-12,14-17,29-30H,3,8-10,13,18-23H2,1H3. The molecular weight excluding hydrogens is 520 g/mol. The highest BCUT2D eigenvalue weighted by atomic mass is 32.2. The summed E-state index contributed by atoms with van der Waals surface area (Å²) < 4.78 is 12.0. The lowest BCUT2D eigenvalue weighted by atomic mass is 9.91. The smallest absolute Gasteiger partial charge is 0.317 e. The lowest BCUT2D eigenvalue weighted by Gasteiger charge is -2.29. The number of amidine groups is 1. The van der Waals surface area contributed by atoms with Crippen LogP contribution in [-0.2, 0) is 20.7 Å². The zero-order valence-electron chi connectivity index (χ0n) is 23.2. The number of benzene rings is 2. The Bertz CT molecular complexity index is 1320. The van der Waals surface area contributed by atoms with Crippen molar-refractivity contribution in [1.82, 2.24) is 9.88 Å². The number of nitrogens with zero attached hydrogens (tertiary/aromatic N) is 4. The summed E-state index contributed by atoms with van der Waals surface area (Å²) in [6.07, 6.45) is 7.36. The van der Waals surface area contributed by atoms with Crippen LogP contribution in [-0.4, -0.2) is 72.4 Å². The molecule has 2 atom stereocenters. The number of carbonyl (C=O) groups is 1. The summed E-state index contributed by atoms with van der Waals surface area (Å²) in [5.41, 5.74) is 3.49. The molecule has 3 heterocycles. The number of likely N-dealkylation sites (tertiary alicyclic amines) is 1. The van der Waals surface area contributed by atoms with Crippen LogP contribution in [0.3, 0.4) is 0 Å². The second-order valence-electron chi connectivity index (χ2n) is 10.3. The predicted octanol–water partition coefficient (Wildman–Crippen LogP) is 5.74. The first-order valence-corrected chi connectivity index (χ1v) is 15.5. The highest BCUT2D eigenvalue weighted by Crippen LogP contribution is 2.33. The van der Waals surface area contributed by atoms with Crippen LogP contribution in [0.15, 0.2) is 76.7 Å². The molecule has 2 aliphatic heterocycles. The van der Waals surface area contributed by atoms with E-state index in [0.717, 1.165) is 49.1 Å². The van der Waals surface area contributed by atoms with Crippen LogP contribution in [0.25, 0.3) is 10.9 Å². The normalized spacial score (nSPS) is 19.7. The van der Waals surface area contributed by atoms with Crippen molar-refractivity contribution < 1.29 is 14.3 Å². The Morgan fingerprint density at radius 1 is 0.975 bits per heavy atom. The number of hydrogen-bond donors (Lipinski definition) is 0. The van der Waals surface area contributed by atoms with Crippen LogP contribution >= 0.6 is 11.8 Å². The van der Waals surface area contributed by atoms with E-state index in [1.807, 2.05) is 60.9 Å². The zero-order valence-corrected chi connectivity index (χ0v) is 24.0. The molecule has 7 nitrogen and oxygen atoms in total. The molecule has 0 radical (unpaired) electrons. The van der Waals surface area contributed by atoms with E-state index in [1.165, 1.54) is 36.6 Å². The molecule has 0 saturated carbocycles. The van der Waals surface area contributed by atoms with Gasteiger partial charge >= 0.3 is 5.97 Å². The number of pyridine rings is 1. The van der Waals surface area contributed by atoms with Crippen LogP contribution in [0.2, 0.25) is 0 Å². The van der Waals surface area contributed by atoms with Crippen molar-refractivity contribution in [2.75, 3.05) is 45.7 Å². The van der Waals surface area contributed by atoms with Crippen LogP contribution in [0, 0.1) is 5.92 Å². The van der Waals surface area contributed by atoms with Gasteiger partial charge in [0.1, 0.15) is 12.0 Å². The molecule has 0 spiro atoms. The van der Waals surface area contributed by atoms with E-state index in [2.05, 4.69) is 17.0 Å². The Morgan fingerprint density at radius 2 is 1.77 bits per heavy atom. The first kappa shape index (κ1) is 28.5. The van der Waals surface area contributed by atoms with Crippen molar-refractivity contribution in [2.45, 2.75) is 38.1 Å². The van der Waals surface area contributed by atoms with Gasteiger partial charge in [-0.1, -0.05) is 72.8 Å². The fourth-order valence-corrected chi connectivity index (χ4v) is 5.73. The molecule has 0 aliphatic carbocycles. The van der Waals surface area contributed by atoms with Crippen molar-refractivity contribution in [3.05, 3.63) is 78.0 Å². The quantitative estimate of drug-likeness (QED) is 0.221. The Balaban J connectivity index is 1.31. The number of carbonyl (C=O) groups excluding carboxylic acids is 1. The van der Waals surface area contributed by atoms with Gasteiger partial charge in [0.05, 0.1) is 36.7 Å². The molecule has 1 aromatic heterocycles. The number of hydrogen-bond acceptors (Lipinski definition) is 8. The molecule has 0 bridgehead atoms. The van der Waals surface area contributed by atoms with E-state index in [0.29, 0.717) is 24.1 Å². The molecule has 5 rings (SSSR count). The molecular formula is C32H38N4O3S. The molecule has 2 aliphatic rings. The van der Waals surface area contributed by atoms with Crippen LogP contribution in [0.5, 0.6) is 0 Å². The van der Waals surface area contributed by atoms with Crippen molar-refractivity contribution in [2.24, 2.45) is 15.9 Å². The summed E-state index contributed by atoms with van der Waals surface area (Å²) in [4.78, 5) is 30.7. The van der Waals surface area contributed by atoms with Crippen LogP contribution in [0.1, 0.15) is 43.0 Å². The maximum atomic E-state index is 13.7. The topological polar surface area (TPSA) is 76.4 Å². The first-order valence-electron chi connectivity index (χ1n) is 14.3. The summed E-state index contributed by atoms with van der Waals surface area (Å²) >= 11 is 1.47. The number of aryl methyl sites for hydroxylation is 1. The molecule has 8 heteroatoms. The average molecular weight is 559 g/mol. The van der Waals surface area contributed by atoms with E-state index in [-0.39, 0.29) is 12.6 Å². The van der Waals surface area contributed by atoms with Gasteiger partial charge < -0.3 is 14.4 Å². The summed E-state index contributed by atoms with van der Waals surface area (Å²) in [7, 11) is 0. The zero-order chi connectivity index (χ0) is 27.6. The van der Waals surface area contributed by atoms with Gasteiger partial charge in [-0.2, -0.15) is 0 Å². The molecule has 40 heavy (non-hydrogen) atoms. The second kappa shape index (κ2) is 14.5. The van der Waals surface area contributed by atoms with Crippen molar-refractivity contribution in [3.63, 3.8) is 0 Å². The number of fused-ring (bicyclic) bond motifs is 1. The van der Waals surface area contributed by atoms with E-state index < -0.39 is 12.0 Å². The third kappa shape index (κ3) is 7.56. The van der Waals surface area contributed by atoms with Crippen molar-refractivity contribution in [1.29, 1.82) is 0 Å². The van der Waals surface area contributed by atoms with Gasteiger partial charge in [0.2, 0.25) is 0 Å². The fraction of sp³-hybridized carbons (Fsp3) is 0.438. The molecule has 2 aromatic carbocycles. The number of aromatic nitrogens is 1. The minimum absolute atomic E-state index is 0.265. The molecule has 0 N–H and O–H groups in total. The molecule has 3 aromatic rings. The molecule has 0 amide bonds. The number of thioether (sulfide) groups is 1. The highest BCUT2D eigenvalue weighted by Gasteiger charge is 2.39. The minimum Gasteiger partial charge on any atom is -0.465 e. The largest absolute Gasteiger partial charge is 0.465 e. The highest BCUT2D eigenvalue weighted by molar-refractivity contribution is 8.13. The van der Waals surface area contributed by atoms with Gasteiger partial charge in [-0.25, -0.2) is 9.98 Å². The van der Waals surface area contributed by atoms with Gasteiger partial charge in [0.25, 0.3) is 0 Å². The van der Waals surface area contributed by atoms with Gasteiger partial charge in [-0.15, -0.1) is 0 Å². The maximum absolute atomic E-state index is 13.7. The first-order chi connectivity index (χ1) is 19.7. The Labute approximate surface area is 241 Å². The third-order valence-electron chi connectivity index (χ3n) is 7.47. The monoisotopic (exact) mass is 558 g/mol. The van der Waals surface area contributed by atoms with E-state index in [9.17, 15) is 4.79 Å². The predicted molar refractivity (Wildman–Crippen MR) is 163 cm³/mol. The maximum Gasteiger partial charge on any atom is 0.317 e. The summed E-state index contributed by atoms with van der Waals surface area (Å²) in [5, 5.41) is 1.67. The van der Waals surface area contributed by atoms with Crippen molar-refractivity contribution >= 4 is 39.5 Å². The number of rotatable bonds is 11. The minimum atomic E-state index is -0.684. The number of esters is 1. The Hall–Kier alpha value is -3.07. The lowest BCUT2D eigenvalue weighted by molar-refractivity contribution is -0.147. The van der Waals surface area contributed by atoms with Gasteiger partial charge in [-0.05, 0) is 62.7 Å². The van der Waals surface area contributed by atoms with Gasteiger partial charge in [0.15, 0.2) is 5.17 Å². The summed E-state index contributed by atoms with van der Waals surface area (Å²) in [6, 6.07) is 21.7. The number of para-hydroxylation sites is 1. The molecule has 1 fully saturated rings. The van der Waals surface area contributed by atoms with Gasteiger partial charge in [0, 0.05) is 11.9 Å². The average Bonchev–Trinajstić information content (AvgIpc) is 3.01. The van der Waals surface area contributed by atoms with E-state index in [1.54, 1.807) is 0 Å².